The van der Waals surface area contributed by atoms with Crippen molar-refractivity contribution in [3.8, 4) is 0 Å². The SMILES string of the molecule is CC1CCCC(CC2CCCC2O)C1. The molecule has 1 heteroatoms. The van der Waals surface area contributed by atoms with Gasteiger partial charge >= 0.3 is 0 Å². The molecule has 0 saturated heterocycles. The summed E-state index contributed by atoms with van der Waals surface area (Å²) in [7, 11) is 0. The first-order valence-electron chi connectivity index (χ1n) is 6.43. The van der Waals surface area contributed by atoms with Crippen LogP contribution >= 0.6 is 0 Å². The molecule has 4 unspecified atom stereocenters. The fraction of sp³-hybridized carbons (Fsp3) is 1.00. The van der Waals surface area contributed by atoms with Crippen molar-refractivity contribution in [2.24, 2.45) is 17.8 Å². The average molecular weight is 196 g/mol. The maximum atomic E-state index is 9.79. The van der Waals surface area contributed by atoms with Crippen LogP contribution in [0.15, 0.2) is 0 Å². The van der Waals surface area contributed by atoms with Crippen molar-refractivity contribution >= 4 is 0 Å². The van der Waals surface area contributed by atoms with Gasteiger partial charge in [-0.3, -0.25) is 0 Å². The van der Waals surface area contributed by atoms with Gasteiger partial charge in [-0.1, -0.05) is 32.6 Å². The van der Waals surface area contributed by atoms with Gasteiger partial charge in [-0.25, -0.2) is 0 Å². The van der Waals surface area contributed by atoms with Gasteiger partial charge in [0.25, 0.3) is 0 Å². The Morgan fingerprint density at radius 2 is 1.86 bits per heavy atom. The first kappa shape index (κ1) is 10.5. The van der Waals surface area contributed by atoms with E-state index in [1.165, 1.54) is 44.9 Å². The van der Waals surface area contributed by atoms with E-state index in [0.717, 1.165) is 18.3 Å². The first-order chi connectivity index (χ1) is 6.75. The van der Waals surface area contributed by atoms with E-state index in [9.17, 15) is 5.11 Å². The van der Waals surface area contributed by atoms with Gasteiger partial charge in [-0.15, -0.1) is 0 Å². The Morgan fingerprint density at radius 1 is 1.07 bits per heavy atom. The predicted octanol–water partition coefficient (Wildman–Crippen LogP) is 3.36. The largest absolute Gasteiger partial charge is 0.393 e. The molecule has 2 rings (SSSR count). The van der Waals surface area contributed by atoms with E-state index in [1.54, 1.807) is 0 Å². The van der Waals surface area contributed by atoms with Crippen LogP contribution in [0.1, 0.15) is 58.3 Å². The van der Waals surface area contributed by atoms with E-state index >= 15 is 0 Å². The van der Waals surface area contributed by atoms with E-state index in [0.29, 0.717) is 5.92 Å². The molecule has 0 aromatic carbocycles. The van der Waals surface area contributed by atoms with E-state index < -0.39 is 0 Å². The van der Waals surface area contributed by atoms with Gasteiger partial charge in [0.05, 0.1) is 6.10 Å². The maximum absolute atomic E-state index is 9.79. The molecule has 0 bridgehead atoms. The summed E-state index contributed by atoms with van der Waals surface area (Å²) in [5.41, 5.74) is 0. The van der Waals surface area contributed by atoms with Crippen molar-refractivity contribution in [3.05, 3.63) is 0 Å². The average Bonchev–Trinajstić information content (AvgIpc) is 2.52. The second-order valence-electron chi connectivity index (χ2n) is 5.63. The number of aliphatic hydroxyl groups excluding tert-OH is 1. The molecule has 2 fully saturated rings. The van der Waals surface area contributed by atoms with Crippen LogP contribution in [0.4, 0.5) is 0 Å². The molecule has 2 aliphatic rings. The normalized spacial score (nSPS) is 44.1. The van der Waals surface area contributed by atoms with Gasteiger partial charge in [0, 0.05) is 0 Å². The lowest BCUT2D eigenvalue weighted by atomic mass is 9.77. The highest BCUT2D eigenvalue weighted by Crippen LogP contribution is 2.37. The van der Waals surface area contributed by atoms with Crippen molar-refractivity contribution in [1.29, 1.82) is 0 Å². The third-order valence-electron chi connectivity index (χ3n) is 4.30. The minimum absolute atomic E-state index is 0.0345. The molecule has 82 valence electrons. The first-order valence-corrected chi connectivity index (χ1v) is 6.43. The zero-order chi connectivity index (χ0) is 9.97. The summed E-state index contributed by atoms with van der Waals surface area (Å²) in [6.45, 7) is 2.39. The summed E-state index contributed by atoms with van der Waals surface area (Å²) >= 11 is 0. The van der Waals surface area contributed by atoms with Gasteiger partial charge < -0.3 is 5.11 Å². The van der Waals surface area contributed by atoms with Gasteiger partial charge in [-0.05, 0) is 43.4 Å². The van der Waals surface area contributed by atoms with Crippen molar-refractivity contribution < 1.29 is 5.11 Å². The summed E-state index contributed by atoms with van der Waals surface area (Å²) in [4.78, 5) is 0. The van der Waals surface area contributed by atoms with E-state index in [-0.39, 0.29) is 6.10 Å². The molecule has 14 heavy (non-hydrogen) atoms. The van der Waals surface area contributed by atoms with Crippen molar-refractivity contribution in [2.45, 2.75) is 64.4 Å². The standard InChI is InChI=1S/C13H24O/c1-10-4-2-5-11(8-10)9-12-6-3-7-13(12)14/h10-14H,2-9H2,1H3. The van der Waals surface area contributed by atoms with Gasteiger partial charge in [-0.2, -0.15) is 0 Å². The molecular formula is C13H24O. The lowest BCUT2D eigenvalue weighted by Gasteiger charge is -2.29. The topological polar surface area (TPSA) is 20.2 Å². The minimum atomic E-state index is 0.0345. The monoisotopic (exact) mass is 196 g/mol. The molecule has 0 radical (unpaired) electrons. The minimum Gasteiger partial charge on any atom is -0.393 e. The van der Waals surface area contributed by atoms with Crippen molar-refractivity contribution in [1.82, 2.24) is 0 Å². The van der Waals surface area contributed by atoms with Gasteiger partial charge in [0.2, 0.25) is 0 Å². The lowest BCUT2D eigenvalue weighted by molar-refractivity contribution is 0.107. The molecular weight excluding hydrogens is 172 g/mol. The molecule has 1 nitrogen and oxygen atoms in total. The highest BCUT2D eigenvalue weighted by molar-refractivity contribution is 4.81. The lowest BCUT2D eigenvalue weighted by Crippen LogP contribution is -2.21. The van der Waals surface area contributed by atoms with Crippen molar-refractivity contribution in [2.75, 3.05) is 0 Å². The van der Waals surface area contributed by atoms with E-state index in [2.05, 4.69) is 6.92 Å². The van der Waals surface area contributed by atoms with E-state index in [1.807, 2.05) is 0 Å². The molecule has 0 aromatic rings. The molecule has 2 aliphatic carbocycles. The van der Waals surface area contributed by atoms with Crippen LogP contribution in [0.2, 0.25) is 0 Å². The van der Waals surface area contributed by atoms with Crippen LogP contribution in [-0.2, 0) is 0 Å². The maximum Gasteiger partial charge on any atom is 0.0568 e. The molecule has 4 atom stereocenters. The van der Waals surface area contributed by atoms with Crippen LogP contribution in [0.5, 0.6) is 0 Å². The summed E-state index contributed by atoms with van der Waals surface area (Å²) in [6, 6.07) is 0. The second-order valence-corrected chi connectivity index (χ2v) is 5.63. The zero-order valence-corrected chi connectivity index (χ0v) is 9.41. The molecule has 2 saturated carbocycles. The molecule has 0 aromatic heterocycles. The Balaban J connectivity index is 1.78. The summed E-state index contributed by atoms with van der Waals surface area (Å²) in [5, 5.41) is 9.79. The number of aliphatic hydroxyl groups is 1. The van der Waals surface area contributed by atoms with Crippen LogP contribution in [0.3, 0.4) is 0 Å². The Bertz CT molecular complexity index is 178. The fourth-order valence-electron chi connectivity index (χ4n) is 3.49. The van der Waals surface area contributed by atoms with E-state index in [4.69, 9.17) is 0 Å². The molecule has 0 amide bonds. The second kappa shape index (κ2) is 4.65. The molecule has 1 N–H and O–H groups in total. The quantitative estimate of drug-likeness (QED) is 0.718. The van der Waals surface area contributed by atoms with Crippen LogP contribution in [0, 0.1) is 17.8 Å². The summed E-state index contributed by atoms with van der Waals surface area (Å²) in [5.74, 6) is 2.51. The smallest absolute Gasteiger partial charge is 0.0568 e. The number of rotatable bonds is 2. The Kier molecular flexibility index (Phi) is 3.48. The Hall–Kier alpha value is -0.0400. The van der Waals surface area contributed by atoms with Crippen LogP contribution in [-0.4, -0.2) is 11.2 Å². The van der Waals surface area contributed by atoms with Crippen LogP contribution in [0.25, 0.3) is 0 Å². The van der Waals surface area contributed by atoms with Gasteiger partial charge in [0.1, 0.15) is 0 Å². The number of hydrogen-bond donors (Lipinski definition) is 1. The fourth-order valence-corrected chi connectivity index (χ4v) is 3.49. The highest BCUT2D eigenvalue weighted by Gasteiger charge is 2.29. The molecule has 0 spiro atoms. The molecule has 0 heterocycles. The third-order valence-corrected chi connectivity index (χ3v) is 4.30. The highest BCUT2D eigenvalue weighted by atomic mass is 16.3. The third kappa shape index (κ3) is 2.50. The summed E-state index contributed by atoms with van der Waals surface area (Å²) < 4.78 is 0. The van der Waals surface area contributed by atoms with Crippen molar-refractivity contribution in [3.63, 3.8) is 0 Å². The predicted molar refractivity (Wildman–Crippen MR) is 59.1 cm³/mol. The van der Waals surface area contributed by atoms with Crippen LogP contribution < -0.4 is 0 Å². The van der Waals surface area contributed by atoms with Gasteiger partial charge in [0.15, 0.2) is 0 Å². The Morgan fingerprint density at radius 3 is 2.50 bits per heavy atom. The number of hydrogen-bond acceptors (Lipinski definition) is 1. The zero-order valence-electron chi connectivity index (χ0n) is 9.41. The molecule has 0 aliphatic heterocycles. The Labute approximate surface area is 87.9 Å². The summed E-state index contributed by atoms with van der Waals surface area (Å²) in [6.07, 6.45) is 10.7.